The van der Waals surface area contributed by atoms with Crippen molar-refractivity contribution >= 4 is 5.91 Å². The molecule has 2 aliphatic heterocycles. The Morgan fingerprint density at radius 2 is 2.14 bits per heavy atom. The molecule has 29 heavy (non-hydrogen) atoms. The third kappa shape index (κ3) is 4.35. The molecule has 2 aromatic rings. The van der Waals surface area contributed by atoms with Crippen molar-refractivity contribution in [3.05, 3.63) is 29.6 Å². The van der Waals surface area contributed by atoms with E-state index in [-0.39, 0.29) is 17.4 Å². The third-order valence-electron chi connectivity index (χ3n) is 6.23. The van der Waals surface area contributed by atoms with E-state index in [1.165, 1.54) is 5.56 Å². The summed E-state index contributed by atoms with van der Waals surface area (Å²) in [5.74, 6) is 1.00. The largest absolute Gasteiger partial charge is 0.373 e. The lowest BCUT2D eigenvalue weighted by molar-refractivity contribution is -0.00570. The number of nitrogens with zero attached hydrogens (tertiary/aromatic N) is 6. The number of amides is 1. The molecule has 2 aromatic heterocycles. The molecule has 0 unspecified atom stereocenters. The SMILES string of the molecule is CC[C@H](C)NC(=O)c1nnc2n1CC1(CCN(Cc3cnn(C)c3)CC1)COC2. The number of fused-ring (bicyclic) bond motifs is 1. The second-order valence-electron chi connectivity index (χ2n) is 8.60. The Morgan fingerprint density at radius 1 is 1.34 bits per heavy atom. The first-order valence-corrected chi connectivity index (χ1v) is 10.5. The second-order valence-corrected chi connectivity index (χ2v) is 8.60. The Hall–Kier alpha value is -2.26. The molecule has 9 nitrogen and oxygen atoms in total. The third-order valence-corrected chi connectivity index (χ3v) is 6.23. The molecule has 1 saturated heterocycles. The van der Waals surface area contributed by atoms with Crippen LogP contribution in [0.3, 0.4) is 0 Å². The molecule has 0 bridgehead atoms. The van der Waals surface area contributed by atoms with Crippen molar-refractivity contribution in [2.45, 2.75) is 58.8 Å². The predicted molar refractivity (Wildman–Crippen MR) is 107 cm³/mol. The van der Waals surface area contributed by atoms with Crippen LogP contribution >= 0.6 is 0 Å². The smallest absolute Gasteiger partial charge is 0.289 e. The maximum Gasteiger partial charge on any atom is 0.289 e. The van der Waals surface area contributed by atoms with E-state index in [1.807, 2.05) is 29.4 Å². The number of rotatable bonds is 5. The van der Waals surface area contributed by atoms with Gasteiger partial charge in [-0.25, -0.2) is 0 Å². The molecule has 1 atom stereocenters. The van der Waals surface area contributed by atoms with Gasteiger partial charge in [-0.05, 0) is 39.3 Å². The number of aryl methyl sites for hydroxylation is 1. The topological polar surface area (TPSA) is 90.1 Å². The van der Waals surface area contributed by atoms with Gasteiger partial charge < -0.3 is 14.6 Å². The van der Waals surface area contributed by atoms with Crippen LogP contribution in [0.2, 0.25) is 0 Å². The summed E-state index contributed by atoms with van der Waals surface area (Å²) in [7, 11) is 1.95. The molecule has 9 heteroatoms. The maximum atomic E-state index is 12.7. The number of hydrogen-bond donors (Lipinski definition) is 1. The molecule has 0 radical (unpaired) electrons. The molecule has 1 spiro atoms. The van der Waals surface area contributed by atoms with Crippen molar-refractivity contribution in [3.8, 4) is 0 Å². The van der Waals surface area contributed by atoms with Gasteiger partial charge in [0.2, 0.25) is 5.82 Å². The molecule has 0 aromatic carbocycles. The minimum absolute atomic E-state index is 0.0183. The van der Waals surface area contributed by atoms with Crippen molar-refractivity contribution < 1.29 is 9.53 Å². The Morgan fingerprint density at radius 3 is 2.83 bits per heavy atom. The predicted octanol–water partition coefficient (Wildman–Crippen LogP) is 1.35. The van der Waals surface area contributed by atoms with E-state index < -0.39 is 0 Å². The zero-order valence-electron chi connectivity index (χ0n) is 17.6. The number of likely N-dealkylation sites (tertiary alicyclic amines) is 1. The highest BCUT2D eigenvalue weighted by atomic mass is 16.5. The average Bonchev–Trinajstić information content (AvgIpc) is 3.25. The zero-order valence-corrected chi connectivity index (χ0v) is 17.6. The molecule has 0 aliphatic carbocycles. The fourth-order valence-electron chi connectivity index (χ4n) is 4.21. The first kappa shape index (κ1) is 20.0. The molecular formula is C20H31N7O2. The lowest BCUT2D eigenvalue weighted by atomic mass is 9.78. The van der Waals surface area contributed by atoms with Crippen LogP contribution < -0.4 is 5.32 Å². The van der Waals surface area contributed by atoms with Gasteiger partial charge in [0.25, 0.3) is 5.91 Å². The summed E-state index contributed by atoms with van der Waals surface area (Å²) in [5, 5.41) is 15.7. The van der Waals surface area contributed by atoms with Gasteiger partial charge >= 0.3 is 0 Å². The lowest BCUT2D eigenvalue weighted by Crippen LogP contribution is -2.44. The highest BCUT2D eigenvalue weighted by Crippen LogP contribution is 2.36. The summed E-state index contributed by atoms with van der Waals surface area (Å²) in [6.07, 6.45) is 6.94. The summed E-state index contributed by atoms with van der Waals surface area (Å²) in [5.41, 5.74) is 1.26. The summed E-state index contributed by atoms with van der Waals surface area (Å²) >= 11 is 0. The molecule has 4 heterocycles. The van der Waals surface area contributed by atoms with Gasteiger partial charge in [0.1, 0.15) is 6.61 Å². The van der Waals surface area contributed by atoms with E-state index >= 15 is 0 Å². The lowest BCUT2D eigenvalue weighted by Gasteiger charge is -2.41. The minimum Gasteiger partial charge on any atom is -0.373 e. The normalized spacial score (nSPS) is 20.2. The van der Waals surface area contributed by atoms with Crippen molar-refractivity contribution in [1.29, 1.82) is 0 Å². The quantitative estimate of drug-likeness (QED) is 0.813. The van der Waals surface area contributed by atoms with Gasteiger partial charge in [-0.3, -0.25) is 14.4 Å². The minimum atomic E-state index is -0.149. The van der Waals surface area contributed by atoms with Crippen LogP contribution in [0.25, 0.3) is 0 Å². The van der Waals surface area contributed by atoms with E-state index in [2.05, 4.69) is 38.6 Å². The summed E-state index contributed by atoms with van der Waals surface area (Å²) < 4.78 is 9.81. The van der Waals surface area contributed by atoms with Crippen LogP contribution in [0.5, 0.6) is 0 Å². The van der Waals surface area contributed by atoms with Crippen LogP contribution in [0, 0.1) is 5.41 Å². The van der Waals surface area contributed by atoms with E-state index in [0.29, 0.717) is 19.0 Å². The average molecular weight is 402 g/mol. The maximum absolute atomic E-state index is 12.7. The molecule has 1 N–H and O–H groups in total. The molecule has 0 saturated carbocycles. The first-order valence-electron chi connectivity index (χ1n) is 10.5. The van der Waals surface area contributed by atoms with Crippen LogP contribution in [0.4, 0.5) is 0 Å². The number of piperidine rings is 1. The van der Waals surface area contributed by atoms with Gasteiger partial charge in [0.05, 0.1) is 12.8 Å². The van der Waals surface area contributed by atoms with Gasteiger partial charge in [-0.2, -0.15) is 5.10 Å². The molecule has 1 amide bonds. The number of hydrogen-bond acceptors (Lipinski definition) is 6. The summed E-state index contributed by atoms with van der Waals surface area (Å²) in [6.45, 7) is 8.82. The van der Waals surface area contributed by atoms with E-state index in [4.69, 9.17) is 4.74 Å². The fourth-order valence-corrected chi connectivity index (χ4v) is 4.21. The van der Waals surface area contributed by atoms with Crippen LogP contribution in [0.1, 0.15) is 55.1 Å². The van der Waals surface area contributed by atoms with Crippen LogP contribution in [0.15, 0.2) is 12.4 Å². The molecule has 4 rings (SSSR count). The highest BCUT2D eigenvalue weighted by molar-refractivity contribution is 5.90. The van der Waals surface area contributed by atoms with E-state index in [9.17, 15) is 4.79 Å². The summed E-state index contributed by atoms with van der Waals surface area (Å²) in [6, 6.07) is 0.113. The van der Waals surface area contributed by atoms with Gasteiger partial charge in [-0.1, -0.05) is 6.92 Å². The second kappa shape index (κ2) is 8.23. The molecular weight excluding hydrogens is 370 g/mol. The number of aromatic nitrogens is 5. The summed E-state index contributed by atoms with van der Waals surface area (Å²) in [4.78, 5) is 15.2. The Balaban J connectivity index is 1.44. The number of ether oxygens (including phenoxy) is 1. The standard InChI is InChI=1S/C20H31N7O2/c1-4-15(2)22-19(28)18-24-23-17-12-29-14-20(13-27(17)18)5-7-26(8-6-20)11-16-9-21-25(3)10-16/h9-10,15H,4-8,11-14H2,1-3H3,(H,22,28)/t15-/m0/s1. The van der Waals surface area contributed by atoms with Crippen LogP contribution in [-0.2, 0) is 31.5 Å². The van der Waals surface area contributed by atoms with E-state index in [1.54, 1.807) is 0 Å². The van der Waals surface area contributed by atoms with E-state index in [0.717, 1.165) is 51.3 Å². The van der Waals surface area contributed by atoms with Crippen molar-refractivity contribution in [1.82, 2.24) is 34.8 Å². The van der Waals surface area contributed by atoms with Gasteiger partial charge in [0, 0.05) is 43.4 Å². The molecule has 2 aliphatic rings. The number of carbonyl (C=O) groups is 1. The zero-order chi connectivity index (χ0) is 20.4. The van der Waals surface area contributed by atoms with Gasteiger partial charge in [-0.15, -0.1) is 10.2 Å². The highest BCUT2D eigenvalue weighted by Gasteiger charge is 2.39. The molecule has 1 fully saturated rings. The Labute approximate surface area is 171 Å². The Kier molecular flexibility index (Phi) is 5.69. The monoisotopic (exact) mass is 401 g/mol. The fraction of sp³-hybridized carbons (Fsp3) is 0.700. The van der Waals surface area contributed by atoms with Gasteiger partial charge in [0.15, 0.2) is 5.82 Å². The number of nitrogens with one attached hydrogen (secondary N) is 1. The number of carbonyl (C=O) groups excluding carboxylic acids is 1. The van der Waals surface area contributed by atoms with Crippen molar-refractivity contribution in [2.24, 2.45) is 12.5 Å². The first-order chi connectivity index (χ1) is 14.0. The van der Waals surface area contributed by atoms with Crippen molar-refractivity contribution in [2.75, 3.05) is 19.7 Å². The molecule has 158 valence electrons. The Bertz CT molecular complexity index is 851. The van der Waals surface area contributed by atoms with Crippen LogP contribution in [-0.4, -0.2) is 61.1 Å². The van der Waals surface area contributed by atoms with Crippen molar-refractivity contribution in [3.63, 3.8) is 0 Å².